The van der Waals surface area contributed by atoms with Crippen molar-refractivity contribution in [3.05, 3.63) is 193 Å². The molecule has 0 bridgehead atoms. The highest BCUT2D eigenvalue weighted by Crippen LogP contribution is 2.46. The van der Waals surface area contributed by atoms with Crippen LogP contribution in [-0.4, -0.2) is 36.3 Å². The Hall–Kier alpha value is -7.52. The highest BCUT2D eigenvalue weighted by atomic mass is 15.4. The molecule has 59 heavy (non-hydrogen) atoms. The Morgan fingerprint density at radius 3 is 1.37 bits per heavy atom. The molecule has 4 aromatic heterocycles. The van der Waals surface area contributed by atoms with E-state index in [4.69, 9.17) is 20.2 Å². The molecule has 0 atom stereocenters. The minimum absolute atomic E-state index is 0.242. The average Bonchev–Trinajstić information content (AvgIpc) is 3.86. The van der Waals surface area contributed by atoms with Gasteiger partial charge in [-0.15, -0.1) is 9.03 Å². The lowest BCUT2D eigenvalue weighted by molar-refractivity contribution is -0.569. The van der Waals surface area contributed by atoms with Crippen LogP contribution in [0.1, 0.15) is 31.1 Å². The predicted octanol–water partition coefficient (Wildman–Crippen LogP) is 8.83. The van der Waals surface area contributed by atoms with Crippen molar-refractivity contribution >= 4 is 22.8 Å². The van der Waals surface area contributed by atoms with Gasteiger partial charge in [-0.05, 0) is 23.8 Å². The molecule has 5 aromatic carbocycles. The lowest BCUT2D eigenvalue weighted by Crippen LogP contribution is -2.29. The number of hydrogen-bond donors (Lipinski definition) is 0. The fourth-order valence-electron chi connectivity index (χ4n) is 8.44. The van der Waals surface area contributed by atoms with Crippen LogP contribution >= 0.6 is 0 Å². The van der Waals surface area contributed by atoms with Gasteiger partial charge in [0.2, 0.25) is 11.6 Å². The van der Waals surface area contributed by atoms with Crippen LogP contribution < -0.4 is 13.9 Å². The third-order valence-corrected chi connectivity index (χ3v) is 11.6. The molecule has 0 saturated heterocycles. The monoisotopic (exact) mass is 769 g/mol. The van der Waals surface area contributed by atoms with Gasteiger partial charge >= 0.3 is 11.6 Å². The lowest BCUT2D eigenvalue weighted by atomic mass is 9.83. The number of nitrogens with zero attached hydrogens (tertiary/aromatic N) is 9. The molecule has 0 N–H and O–H groups in total. The van der Waals surface area contributed by atoms with E-state index < -0.39 is 0 Å². The van der Waals surface area contributed by atoms with Crippen LogP contribution in [0.3, 0.4) is 0 Å². The van der Waals surface area contributed by atoms with Crippen molar-refractivity contribution in [2.45, 2.75) is 19.3 Å². The number of allylic oxidation sites excluding steroid dienone is 3. The number of fused-ring (bicyclic) bond motifs is 3. The number of hydrogen-bond acceptors (Lipinski definition) is 5. The van der Waals surface area contributed by atoms with Crippen LogP contribution in [0.15, 0.2) is 176 Å². The SMILES string of the molecule is CN1/C(=C\C=C(c2n[n+]3c(-c4ccccc4)cc(-c4ccccc4)nc3n2C)c2n[n+]3c(-c4ccccc4)cc(-c4ccccc4)nc3n2C)C(C)(C)c2ccccc21. The van der Waals surface area contributed by atoms with Gasteiger partial charge in [0.1, 0.15) is 11.4 Å². The summed E-state index contributed by atoms with van der Waals surface area (Å²) < 4.78 is 8.06. The number of para-hydroxylation sites is 1. The minimum atomic E-state index is -0.242. The zero-order chi connectivity index (χ0) is 40.3. The van der Waals surface area contributed by atoms with Gasteiger partial charge < -0.3 is 4.90 Å². The molecule has 9 aromatic rings. The zero-order valence-corrected chi connectivity index (χ0v) is 33.7. The van der Waals surface area contributed by atoms with Gasteiger partial charge in [-0.25, -0.2) is 9.13 Å². The number of benzene rings is 5. The van der Waals surface area contributed by atoms with Gasteiger partial charge in [0.05, 0.1) is 19.7 Å². The molecular weight excluding hydrogens is 727 g/mol. The number of aryl methyl sites for hydroxylation is 2. The molecule has 0 saturated carbocycles. The molecular formula is C50H43N9+2. The highest BCUT2D eigenvalue weighted by molar-refractivity contribution is 5.78. The molecule has 0 aliphatic carbocycles. The topological polar surface area (TPSA) is 72.9 Å². The standard InChI is InChI=1S/C50H43N9/c1-50(2)39-28-18-19-29-42(39)55(3)45(50)31-30-38(46-53-58-43(36-24-14-8-15-25-36)32-40(51-48(58)56(46)4)34-20-10-6-11-21-34)47-54-59-44(37-26-16-9-17-27-37)33-41(52-49(59)57(47)5)35-22-12-7-13-23-35/h6-33H,1-5H3/q+2/b45-31-. The van der Waals surface area contributed by atoms with Crippen molar-refractivity contribution in [1.82, 2.24) is 29.3 Å². The lowest BCUT2D eigenvalue weighted by Gasteiger charge is -2.23. The van der Waals surface area contributed by atoms with Gasteiger partial charge in [0.25, 0.3) is 0 Å². The molecule has 0 amide bonds. The van der Waals surface area contributed by atoms with Crippen LogP contribution in [0.4, 0.5) is 5.69 Å². The average molecular weight is 770 g/mol. The van der Waals surface area contributed by atoms with Crippen molar-refractivity contribution < 1.29 is 9.03 Å². The van der Waals surface area contributed by atoms with Crippen molar-refractivity contribution in [2.24, 2.45) is 14.1 Å². The smallest absolute Gasteiger partial charge is 0.347 e. The normalized spacial score (nSPS) is 14.0. The molecule has 1 aliphatic rings. The Bertz CT molecular complexity index is 2920. The van der Waals surface area contributed by atoms with E-state index in [2.05, 4.69) is 156 Å². The molecule has 9 heteroatoms. The summed E-state index contributed by atoms with van der Waals surface area (Å²) in [6.45, 7) is 4.57. The van der Waals surface area contributed by atoms with Crippen molar-refractivity contribution in [1.29, 1.82) is 0 Å². The van der Waals surface area contributed by atoms with E-state index in [-0.39, 0.29) is 5.41 Å². The molecule has 10 rings (SSSR count). The molecule has 0 fully saturated rings. The van der Waals surface area contributed by atoms with Gasteiger partial charge in [-0.1, -0.05) is 174 Å². The first-order valence-corrected chi connectivity index (χ1v) is 19.9. The van der Waals surface area contributed by atoms with Crippen LogP contribution in [0.2, 0.25) is 0 Å². The van der Waals surface area contributed by atoms with Crippen LogP contribution in [0.25, 0.3) is 62.2 Å². The van der Waals surface area contributed by atoms with Gasteiger partial charge in [0, 0.05) is 58.2 Å². The fraction of sp³-hybridized carbons (Fsp3) is 0.120. The van der Waals surface area contributed by atoms with E-state index in [1.54, 1.807) is 0 Å². The van der Waals surface area contributed by atoms with Crippen molar-refractivity contribution in [2.75, 3.05) is 11.9 Å². The maximum Gasteiger partial charge on any atom is 0.425 e. The van der Waals surface area contributed by atoms with Gasteiger partial charge in [-0.2, -0.15) is 0 Å². The molecule has 1 aliphatic heterocycles. The summed E-state index contributed by atoms with van der Waals surface area (Å²) in [6, 6.07) is 54.3. The van der Waals surface area contributed by atoms with E-state index in [0.717, 1.165) is 56.3 Å². The third-order valence-electron chi connectivity index (χ3n) is 11.6. The van der Waals surface area contributed by atoms with Gasteiger partial charge in [-0.3, -0.25) is 0 Å². The van der Waals surface area contributed by atoms with Crippen molar-refractivity contribution in [3.8, 4) is 45.0 Å². The maximum atomic E-state index is 5.42. The van der Waals surface area contributed by atoms with Crippen LogP contribution in [0, 0.1) is 0 Å². The maximum absolute atomic E-state index is 5.42. The highest BCUT2D eigenvalue weighted by Gasteiger charge is 2.38. The Kier molecular flexibility index (Phi) is 8.60. The van der Waals surface area contributed by atoms with E-state index >= 15 is 0 Å². The summed E-state index contributed by atoms with van der Waals surface area (Å²) in [7, 11) is 6.21. The Morgan fingerprint density at radius 1 is 0.525 bits per heavy atom. The Labute approximate surface area is 343 Å². The molecule has 9 nitrogen and oxygen atoms in total. The molecule has 5 heterocycles. The third kappa shape index (κ3) is 6.01. The molecule has 286 valence electrons. The quantitative estimate of drug-likeness (QED) is 0.152. The number of rotatable bonds is 7. The summed E-state index contributed by atoms with van der Waals surface area (Å²) in [4.78, 5) is 12.8. The summed E-state index contributed by atoms with van der Waals surface area (Å²) in [6.07, 6.45) is 4.40. The molecule has 0 spiro atoms. The zero-order valence-electron chi connectivity index (χ0n) is 33.7. The minimum Gasteiger partial charge on any atom is -0.347 e. The van der Waals surface area contributed by atoms with Crippen molar-refractivity contribution in [3.63, 3.8) is 0 Å². The van der Waals surface area contributed by atoms with Gasteiger partial charge in [0.15, 0.2) is 11.4 Å². The molecule has 0 radical (unpaired) electrons. The first-order valence-electron chi connectivity index (χ1n) is 19.9. The predicted molar refractivity (Wildman–Crippen MR) is 233 cm³/mol. The summed E-state index contributed by atoms with van der Waals surface area (Å²) >= 11 is 0. The second-order valence-electron chi connectivity index (χ2n) is 15.5. The Morgan fingerprint density at radius 2 is 0.932 bits per heavy atom. The second-order valence-corrected chi connectivity index (χ2v) is 15.5. The number of likely N-dealkylation sites (N-methyl/N-ethyl adjacent to an activating group) is 1. The van der Waals surface area contributed by atoms with Crippen LogP contribution in [0.5, 0.6) is 0 Å². The number of aromatic nitrogens is 8. The van der Waals surface area contributed by atoms with E-state index in [0.29, 0.717) is 23.2 Å². The molecule has 0 unspecified atom stereocenters. The van der Waals surface area contributed by atoms with Crippen LogP contribution in [-0.2, 0) is 19.5 Å². The first kappa shape index (κ1) is 35.9. The second kappa shape index (κ2) is 14.1. The number of anilines is 1. The fourth-order valence-corrected chi connectivity index (χ4v) is 8.44. The largest absolute Gasteiger partial charge is 0.425 e. The Balaban J connectivity index is 1.26. The summed E-state index contributed by atoms with van der Waals surface area (Å²) in [5.74, 6) is 2.81. The van der Waals surface area contributed by atoms with E-state index in [1.807, 2.05) is 71.7 Å². The summed E-state index contributed by atoms with van der Waals surface area (Å²) in [5, 5.41) is 10.8. The van der Waals surface area contributed by atoms with E-state index in [9.17, 15) is 0 Å². The van der Waals surface area contributed by atoms with E-state index in [1.165, 1.54) is 11.3 Å². The first-order chi connectivity index (χ1) is 28.8. The summed E-state index contributed by atoms with van der Waals surface area (Å²) in [5.41, 5.74) is 12.0.